The number of carbonyl (C=O) groups is 1. The number of rotatable bonds is 6. The van der Waals surface area contributed by atoms with Gasteiger partial charge in [-0.05, 0) is 45.1 Å². The summed E-state index contributed by atoms with van der Waals surface area (Å²) >= 11 is 0. The molecule has 0 aliphatic heterocycles. The maximum atomic E-state index is 12.0. The van der Waals surface area contributed by atoms with Crippen molar-refractivity contribution < 1.29 is 14.6 Å². The first-order valence-corrected chi connectivity index (χ1v) is 7.89. The normalized spacial score (nSPS) is 14.5. The van der Waals surface area contributed by atoms with Crippen LogP contribution in [-0.4, -0.2) is 28.9 Å². The van der Waals surface area contributed by atoms with Gasteiger partial charge in [-0.1, -0.05) is 44.2 Å². The number of aliphatic hydroxyl groups is 1. The van der Waals surface area contributed by atoms with E-state index in [0.29, 0.717) is 18.8 Å². The van der Waals surface area contributed by atoms with Gasteiger partial charge in [0.1, 0.15) is 5.60 Å². The molecule has 0 heterocycles. The standard InChI is InChI=1S/C18H29NO3/c1-13(2)11-16(20)15(12-14-9-7-6-8-10-14)19-17(21)22-18(3,4)5/h6-10,13,15-16,20H,11-12H2,1-5H3,(H,19,21)/t15-,16-/m0/s1. The molecule has 2 N–H and O–H groups in total. The van der Waals surface area contributed by atoms with Crippen LogP contribution in [0.2, 0.25) is 0 Å². The topological polar surface area (TPSA) is 58.6 Å². The highest BCUT2D eigenvalue weighted by molar-refractivity contribution is 5.68. The number of hydrogen-bond donors (Lipinski definition) is 2. The van der Waals surface area contributed by atoms with E-state index in [0.717, 1.165) is 5.56 Å². The third kappa shape index (κ3) is 7.46. The van der Waals surface area contributed by atoms with Crippen LogP contribution in [0.5, 0.6) is 0 Å². The lowest BCUT2D eigenvalue weighted by Gasteiger charge is -2.27. The maximum Gasteiger partial charge on any atom is 0.407 e. The van der Waals surface area contributed by atoms with Crippen LogP contribution in [0.1, 0.15) is 46.6 Å². The van der Waals surface area contributed by atoms with Crippen LogP contribution in [0, 0.1) is 5.92 Å². The number of nitrogens with one attached hydrogen (secondary N) is 1. The van der Waals surface area contributed by atoms with Crippen LogP contribution in [0.25, 0.3) is 0 Å². The third-order valence-corrected chi connectivity index (χ3v) is 3.18. The van der Waals surface area contributed by atoms with Crippen molar-refractivity contribution in [3.05, 3.63) is 35.9 Å². The molecular formula is C18H29NO3. The van der Waals surface area contributed by atoms with Crippen LogP contribution in [0.4, 0.5) is 4.79 Å². The molecule has 0 saturated heterocycles. The van der Waals surface area contributed by atoms with E-state index in [4.69, 9.17) is 4.74 Å². The number of aliphatic hydroxyl groups excluding tert-OH is 1. The van der Waals surface area contributed by atoms with E-state index < -0.39 is 17.8 Å². The van der Waals surface area contributed by atoms with Crippen LogP contribution >= 0.6 is 0 Å². The van der Waals surface area contributed by atoms with Crippen LogP contribution in [-0.2, 0) is 11.2 Å². The smallest absolute Gasteiger partial charge is 0.407 e. The zero-order chi connectivity index (χ0) is 16.8. The molecule has 0 fully saturated rings. The Morgan fingerprint density at radius 1 is 1.23 bits per heavy atom. The fourth-order valence-electron chi connectivity index (χ4n) is 2.26. The van der Waals surface area contributed by atoms with Gasteiger partial charge in [0.05, 0.1) is 12.1 Å². The molecule has 0 unspecified atom stereocenters. The number of amides is 1. The highest BCUT2D eigenvalue weighted by Gasteiger charge is 2.25. The predicted molar refractivity (Wildman–Crippen MR) is 88.8 cm³/mol. The van der Waals surface area contributed by atoms with Crippen molar-refractivity contribution in [3.8, 4) is 0 Å². The molecule has 1 rings (SSSR count). The number of ether oxygens (including phenoxy) is 1. The lowest BCUT2D eigenvalue weighted by Crippen LogP contribution is -2.47. The molecule has 4 nitrogen and oxygen atoms in total. The monoisotopic (exact) mass is 307 g/mol. The van der Waals surface area contributed by atoms with Gasteiger partial charge in [-0.2, -0.15) is 0 Å². The van der Waals surface area contributed by atoms with E-state index in [-0.39, 0.29) is 6.04 Å². The molecule has 0 aliphatic rings. The minimum atomic E-state index is -0.604. The molecule has 22 heavy (non-hydrogen) atoms. The molecule has 0 saturated carbocycles. The number of alkyl carbamates (subject to hydrolysis) is 1. The molecule has 0 aromatic heterocycles. The summed E-state index contributed by atoms with van der Waals surface area (Å²) in [6, 6.07) is 9.48. The zero-order valence-electron chi connectivity index (χ0n) is 14.3. The zero-order valence-corrected chi connectivity index (χ0v) is 14.3. The molecule has 1 amide bonds. The summed E-state index contributed by atoms with van der Waals surface area (Å²) in [5.41, 5.74) is 0.524. The Morgan fingerprint density at radius 2 is 1.82 bits per heavy atom. The van der Waals surface area contributed by atoms with Gasteiger partial charge in [-0.3, -0.25) is 0 Å². The molecule has 0 spiro atoms. The molecular weight excluding hydrogens is 278 g/mol. The summed E-state index contributed by atoms with van der Waals surface area (Å²) in [7, 11) is 0. The van der Waals surface area contributed by atoms with Gasteiger partial charge >= 0.3 is 6.09 Å². The highest BCUT2D eigenvalue weighted by atomic mass is 16.6. The summed E-state index contributed by atoms with van der Waals surface area (Å²) in [5.74, 6) is 0.355. The van der Waals surface area contributed by atoms with E-state index in [9.17, 15) is 9.90 Å². The average Bonchev–Trinajstić information content (AvgIpc) is 2.36. The van der Waals surface area contributed by atoms with Gasteiger partial charge in [0.2, 0.25) is 0 Å². The van der Waals surface area contributed by atoms with Crippen molar-refractivity contribution in [1.29, 1.82) is 0 Å². The van der Waals surface area contributed by atoms with Gasteiger partial charge in [0.25, 0.3) is 0 Å². The van der Waals surface area contributed by atoms with E-state index >= 15 is 0 Å². The van der Waals surface area contributed by atoms with E-state index in [1.165, 1.54) is 0 Å². The fourth-order valence-corrected chi connectivity index (χ4v) is 2.26. The minimum absolute atomic E-state index is 0.355. The quantitative estimate of drug-likeness (QED) is 0.845. The number of carbonyl (C=O) groups excluding carboxylic acids is 1. The summed E-state index contributed by atoms with van der Waals surface area (Å²) in [5, 5.41) is 13.2. The Labute approximate surface area is 133 Å². The summed E-state index contributed by atoms with van der Waals surface area (Å²) in [6.07, 6.45) is 0.116. The van der Waals surface area contributed by atoms with Crippen molar-refractivity contribution in [1.82, 2.24) is 5.32 Å². The Hall–Kier alpha value is -1.55. The summed E-state index contributed by atoms with van der Waals surface area (Å²) < 4.78 is 5.30. The van der Waals surface area contributed by atoms with Crippen molar-refractivity contribution in [3.63, 3.8) is 0 Å². The first-order chi connectivity index (χ1) is 10.2. The van der Waals surface area contributed by atoms with Crippen LogP contribution in [0.3, 0.4) is 0 Å². The summed E-state index contributed by atoms with van der Waals surface area (Å²) in [6.45, 7) is 9.57. The van der Waals surface area contributed by atoms with Gasteiger partial charge < -0.3 is 15.2 Å². The van der Waals surface area contributed by atoms with E-state index in [1.807, 2.05) is 51.1 Å². The predicted octanol–water partition coefficient (Wildman–Crippen LogP) is 3.53. The molecule has 4 heteroatoms. The average molecular weight is 307 g/mol. The second-order valence-electron chi connectivity index (χ2n) is 7.14. The molecule has 1 aromatic carbocycles. The van der Waals surface area contributed by atoms with Gasteiger partial charge in [0.15, 0.2) is 0 Å². The lowest BCUT2D eigenvalue weighted by atomic mass is 9.95. The number of hydrogen-bond acceptors (Lipinski definition) is 3. The van der Waals surface area contributed by atoms with E-state index in [2.05, 4.69) is 19.2 Å². The van der Waals surface area contributed by atoms with Gasteiger partial charge in [-0.25, -0.2) is 4.79 Å². The van der Waals surface area contributed by atoms with Crippen molar-refractivity contribution in [2.75, 3.05) is 0 Å². The van der Waals surface area contributed by atoms with Crippen LogP contribution < -0.4 is 5.32 Å². The fraction of sp³-hybridized carbons (Fsp3) is 0.611. The lowest BCUT2D eigenvalue weighted by molar-refractivity contribution is 0.0398. The third-order valence-electron chi connectivity index (χ3n) is 3.18. The largest absolute Gasteiger partial charge is 0.444 e. The molecule has 2 atom stereocenters. The van der Waals surface area contributed by atoms with E-state index in [1.54, 1.807) is 0 Å². The molecule has 124 valence electrons. The molecule has 0 aliphatic carbocycles. The maximum absolute atomic E-state index is 12.0. The first kappa shape index (κ1) is 18.5. The highest BCUT2D eigenvalue weighted by Crippen LogP contribution is 2.14. The SMILES string of the molecule is CC(C)C[C@H](O)[C@H](Cc1ccccc1)NC(=O)OC(C)(C)C. The molecule has 0 bridgehead atoms. The van der Waals surface area contributed by atoms with Gasteiger partial charge in [0, 0.05) is 0 Å². The Bertz CT molecular complexity index is 451. The van der Waals surface area contributed by atoms with Crippen LogP contribution in [0.15, 0.2) is 30.3 Å². The second-order valence-corrected chi connectivity index (χ2v) is 7.14. The Balaban J connectivity index is 2.75. The van der Waals surface area contributed by atoms with Gasteiger partial charge in [-0.15, -0.1) is 0 Å². The second kappa shape index (κ2) is 8.18. The van der Waals surface area contributed by atoms with Crippen molar-refractivity contribution >= 4 is 6.09 Å². The van der Waals surface area contributed by atoms with Crippen molar-refractivity contribution in [2.45, 2.75) is 65.2 Å². The molecule has 0 radical (unpaired) electrons. The van der Waals surface area contributed by atoms with Crippen molar-refractivity contribution in [2.24, 2.45) is 5.92 Å². The summed E-state index contributed by atoms with van der Waals surface area (Å²) in [4.78, 5) is 12.0. The Morgan fingerprint density at radius 3 is 2.32 bits per heavy atom. The first-order valence-electron chi connectivity index (χ1n) is 7.89. The number of benzene rings is 1. The Kier molecular flexibility index (Phi) is 6.88. The minimum Gasteiger partial charge on any atom is -0.444 e. The molecule has 1 aromatic rings.